The Labute approximate surface area is 272 Å². The lowest BCUT2D eigenvalue weighted by molar-refractivity contribution is 0.431. The predicted octanol–water partition coefficient (Wildman–Crippen LogP) is 11.2. The molecule has 1 aliphatic carbocycles. The highest BCUT2D eigenvalue weighted by Gasteiger charge is 2.47. The molecule has 2 aliphatic rings. The molecule has 8 aromatic rings. The SMILES string of the molecule is CC12c3ccccc3Oc3cccc(c31)-c1cc(-c3cccc(-c4nc(-c5ccc6ccccc6c5)c5ccccc5n4)c3)ccc12. The third-order valence-corrected chi connectivity index (χ3v) is 10.1. The van der Waals surface area contributed by atoms with Crippen LogP contribution in [-0.4, -0.2) is 9.97 Å². The molecule has 7 aromatic carbocycles. The quantitative estimate of drug-likeness (QED) is 0.202. The summed E-state index contributed by atoms with van der Waals surface area (Å²) in [6.07, 6.45) is 0. The summed E-state index contributed by atoms with van der Waals surface area (Å²) < 4.78 is 6.42. The van der Waals surface area contributed by atoms with Crippen molar-refractivity contribution in [2.45, 2.75) is 12.3 Å². The Morgan fingerprint density at radius 3 is 2.19 bits per heavy atom. The van der Waals surface area contributed by atoms with Gasteiger partial charge in [0.2, 0.25) is 0 Å². The van der Waals surface area contributed by atoms with Gasteiger partial charge in [-0.25, -0.2) is 9.97 Å². The molecule has 0 N–H and O–H groups in total. The first-order chi connectivity index (χ1) is 23.1. The molecule has 0 saturated heterocycles. The highest BCUT2D eigenvalue weighted by molar-refractivity contribution is 5.97. The summed E-state index contributed by atoms with van der Waals surface area (Å²) in [7, 11) is 0. The monoisotopic (exact) mass is 600 g/mol. The van der Waals surface area contributed by atoms with Crippen molar-refractivity contribution < 1.29 is 4.74 Å². The first-order valence-electron chi connectivity index (χ1n) is 16.1. The van der Waals surface area contributed by atoms with Gasteiger partial charge in [0.1, 0.15) is 11.5 Å². The summed E-state index contributed by atoms with van der Waals surface area (Å²) in [4.78, 5) is 10.3. The van der Waals surface area contributed by atoms with Crippen LogP contribution in [0.1, 0.15) is 23.6 Å². The molecule has 10 rings (SSSR count). The second-order valence-electron chi connectivity index (χ2n) is 12.7. The Kier molecular flexibility index (Phi) is 5.41. The molecular weight excluding hydrogens is 572 g/mol. The lowest BCUT2D eigenvalue weighted by Gasteiger charge is -2.35. The van der Waals surface area contributed by atoms with Crippen LogP contribution in [0.25, 0.3) is 66.6 Å². The van der Waals surface area contributed by atoms with Crippen molar-refractivity contribution in [1.29, 1.82) is 0 Å². The fourth-order valence-corrected chi connectivity index (χ4v) is 7.84. The van der Waals surface area contributed by atoms with E-state index in [4.69, 9.17) is 14.7 Å². The van der Waals surface area contributed by atoms with Gasteiger partial charge in [-0.15, -0.1) is 0 Å². The average molecular weight is 601 g/mol. The Morgan fingerprint density at radius 2 is 1.23 bits per heavy atom. The van der Waals surface area contributed by atoms with E-state index in [0.29, 0.717) is 0 Å². The van der Waals surface area contributed by atoms with E-state index in [2.05, 4.69) is 146 Å². The average Bonchev–Trinajstić information content (AvgIpc) is 3.40. The maximum atomic E-state index is 6.42. The third-order valence-electron chi connectivity index (χ3n) is 10.1. The highest BCUT2D eigenvalue weighted by Crippen LogP contribution is 2.60. The summed E-state index contributed by atoms with van der Waals surface area (Å²) in [5.74, 6) is 2.60. The smallest absolute Gasteiger partial charge is 0.160 e. The van der Waals surface area contributed by atoms with Gasteiger partial charge in [-0.2, -0.15) is 0 Å². The number of fused-ring (bicyclic) bond motifs is 7. The van der Waals surface area contributed by atoms with Crippen LogP contribution in [0, 0.1) is 0 Å². The molecule has 0 fully saturated rings. The van der Waals surface area contributed by atoms with Gasteiger partial charge in [0.25, 0.3) is 0 Å². The summed E-state index contributed by atoms with van der Waals surface area (Å²) in [6.45, 7) is 2.34. The lowest BCUT2D eigenvalue weighted by atomic mass is 9.72. The minimum Gasteiger partial charge on any atom is -0.457 e. The lowest BCUT2D eigenvalue weighted by Crippen LogP contribution is -2.26. The fourth-order valence-electron chi connectivity index (χ4n) is 7.84. The van der Waals surface area contributed by atoms with Crippen molar-refractivity contribution in [3.63, 3.8) is 0 Å². The third kappa shape index (κ3) is 3.80. The number of hydrogen-bond acceptors (Lipinski definition) is 3. The minimum atomic E-state index is -0.269. The standard InChI is InChI=1S/C44H28N2O/c1-44-36-23-22-30(26-35(36)33-15-9-19-40(41(33)44)47-39-18-7-5-16-37(39)44)29-12-8-13-32(25-29)43-45-38-17-6-4-14-34(38)42(46-43)31-21-20-27-10-2-3-11-28(27)24-31/h2-26H,1H3. The normalized spacial score (nSPS) is 15.6. The molecule has 220 valence electrons. The van der Waals surface area contributed by atoms with Crippen molar-refractivity contribution in [2.75, 3.05) is 0 Å². The second kappa shape index (κ2) is 9.72. The van der Waals surface area contributed by atoms with Crippen molar-refractivity contribution >= 4 is 21.7 Å². The number of rotatable bonds is 3. The molecule has 0 amide bonds. The summed E-state index contributed by atoms with van der Waals surface area (Å²) >= 11 is 0. The zero-order valence-corrected chi connectivity index (χ0v) is 25.7. The predicted molar refractivity (Wildman–Crippen MR) is 191 cm³/mol. The van der Waals surface area contributed by atoms with E-state index in [1.54, 1.807) is 0 Å². The van der Waals surface area contributed by atoms with Gasteiger partial charge in [-0.3, -0.25) is 0 Å². The van der Waals surface area contributed by atoms with E-state index >= 15 is 0 Å². The van der Waals surface area contributed by atoms with Crippen molar-refractivity contribution in [3.8, 4) is 56.4 Å². The molecule has 1 aromatic heterocycles. The Balaban J connectivity index is 1.11. The minimum absolute atomic E-state index is 0.269. The number of nitrogens with zero attached hydrogens (tertiary/aromatic N) is 2. The molecule has 1 unspecified atom stereocenters. The molecule has 47 heavy (non-hydrogen) atoms. The largest absolute Gasteiger partial charge is 0.457 e. The zero-order chi connectivity index (χ0) is 31.1. The Bertz CT molecular complexity index is 2590. The van der Waals surface area contributed by atoms with Gasteiger partial charge in [0, 0.05) is 27.6 Å². The van der Waals surface area contributed by atoms with Gasteiger partial charge in [0.15, 0.2) is 5.82 Å². The molecule has 3 heteroatoms. The van der Waals surface area contributed by atoms with Crippen LogP contribution >= 0.6 is 0 Å². The second-order valence-corrected chi connectivity index (χ2v) is 12.7. The number of ether oxygens (including phenoxy) is 1. The van der Waals surface area contributed by atoms with E-state index in [9.17, 15) is 0 Å². The molecule has 1 atom stereocenters. The fraction of sp³-hybridized carbons (Fsp3) is 0.0455. The molecule has 0 spiro atoms. The molecular formula is C44H28N2O. The zero-order valence-electron chi connectivity index (χ0n) is 25.7. The first kappa shape index (κ1) is 26.2. The molecule has 3 nitrogen and oxygen atoms in total. The van der Waals surface area contributed by atoms with E-state index in [0.717, 1.165) is 56.2 Å². The van der Waals surface area contributed by atoms with E-state index < -0.39 is 0 Å². The summed E-state index contributed by atoms with van der Waals surface area (Å²) in [5, 5.41) is 3.46. The molecule has 0 radical (unpaired) electrons. The van der Waals surface area contributed by atoms with Gasteiger partial charge >= 0.3 is 0 Å². The van der Waals surface area contributed by atoms with Gasteiger partial charge in [0.05, 0.1) is 16.6 Å². The van der Waals surface area contributed by atoms with E-state index in [1.807, 2.05) is 12.1 Å². The Hall–Kier alpha value is -6.06. The van der Waals surface area contributed by atoms with Crippen LogP contribution in [0.3, 0.4) is 0 Å². The highest BCUT2D eigenvalue weighted by atomic mass is 16.5. The van der Waals surface area contributed by atoms with Crippen LogP contribution in [-0.2, 0) is 5.41 Å². The maximum absolute atomic E-state index is 6.42. The van der Waals surface area contributed by atoms with Crippen LogP contribution < -0.4 is 4.74 Å². The van der Waals surface area contributed by atoms with Gasteiger partial charge in [-0.1, -0.05) is 115 Å². The van der Waals surface area contributed by atoms with Gasteiger partial charge < -0.3 is 4.74 Å². The first-order valence-corrected chi connectivity index (χ1v) is 16.1. The number of para-hydroxylation sites is 2. The summed E-state index contributed by atoms with van der Waals surface area (Å²) in [5.41, 5.74) is 12.3. The molecule has 2 heterocycles. The molecule has 1 aliphatic heterocycles. The van der Waals surface area contributed by atoms with Crippen LogP contribution in [0.15, 0.2) is 152 Å². The molecule has 0 bridgehead atoms. The van der Waals surface area contributed by atoms with E-state index in [1.165, 1.54) is 38.6 Å². The summed E-state index contributed by atoms with van der Waals surface area (Å²) in [6, 6.07) is 53.7. The van der Waals surface area contributed by atoms with Crippen molar-refractivity contribution in [1.82, 2.24) is 9.97 Å². The van der Waals surface area contributed by atoms with Crippen LogP contribution in [0.4, 0.5) is 0 Å². The molecule has 0 saturated carbocycles. The van der Waals surface area contributed by atoms with Crippen LogP contribution in [0.2, 0.25) is 0 Å². The van der Waals surface area contributed by atoms with Crippen molar-refractivity contribution in [2.24, 2.45) is 0 Å². The van der Waals surface area contributed by atoms with Crippen LogP contribution in [0.5, 0.6) is 11.5 Å². The van der Waals surface area contributed by atoms with Gasteiger partial charge in [-0.05, 0) is 81.9 Å². The van der Waals surface area contributed by atoms with E-state index in [-0.39, 0.29) is 5.41 Å². The number of benzene rings is 7. The number of aromatic nitrogens is 2. The van der Waals surface area contributed by atoms with Crippen molar-refractivity contribution in [3.05, 3.63) is 168 Å². The number of hydrogen-bond donors (Lipinski definition) is 0. The Morgan fingerprint density at radius 1 is 0.489 bits per heavy atom. The topological polar surface area (TPSA) is 35.0 Å². The maximum Gasteiger partial charge on any atom is 0.160 e.